The van der Waals surface area contributed by atoms with E-state index < -0.39 is 8.07 Å². The Kier molecular flexibility index (Phi) is 4.56. The fourth-order valence-electron chi connectivity index (χ4n) is 4.40. The minimum absolute atomic E-state index is 1.28. The van der Waals surface area contributed by atoms with E-state index in [9.17, 15) is 0 Å². The Morgan fingerprint density at radius 2 is 1.07 bits per heavy atom. The summed E-state index contributed by atoms with van der Waals surface area (Å²) in [5.74, 6) is 0. The molecule has 0 aliphatic carbocycles. The topological polar surface area (TPSA) is 0 Å². The van der Waals surface area contributed by atoms with Crippen LogP contribution in [0.25, 0.3) is 43.8 Å². The maximum Gasteiger partial charge on any atom is 0.0775 e. The molecule has 5 aromatic rings. The van der Waals surface area contributed by atoms with Gasteiger partial charge in [0.05, 0.1) is 8.07 Å². The minimum Gasteiger partial charge on any atom is -0.0656 e. The van der Waals surface area contributed by atoms with E-state index in [4.69, 9.17) is 0 Å². The number of benzene rings is 5. The van der Waals surface area contributed by atoms with Crippen molar-refractivity contribution in [2.24, 2.45) is 0 Å². The van der Waals surface area contributed by atoms with E-state index in [1.54, 1.807) is 0 Å². The first-order valence-electron chi connectivity index (χ1n) is 10.6. The monoisotopic (exact) mass is 402 g/mol. The van der Waals surface area contributed by atoms with Crippen LogP contribution in [-0.2, 0) is 0 Å². The number of rotatable bonds is 3. The molecule has 5 rings (SSSR count). The van der Waals surface area contributed by atoms with E-state index in [0.29, 0.717) is 0 Å². The Bertz CT molecular complexity index is 1350. The SMILES string of the molecule is C[Si](C)(C)c1ccc(-c2ccc3ccccc3c2-c2cccc3ccccc23)cc1. The van der Waals surface area contributed by atoms with Crippen molar-refractivity contribution in [1.29, 1.82) is 0 Å². The standard InChI is InChI=1S/C29H26Si/c1-30(2,3)24-18-15-23(16-19-24)27-20-17-22-10-5-7-13-26(22)29(27)28-14-8-11-21-9-4-6-12-25(21)28/h4-20H,1-3H3. The third kappa shape index (κ3) is 3.26. The van der Waals surface area contributed by atoms with Crippen LogP contribution in [0.15, 0.2) is 103 Å². The molecule has 1 heteroatoms. The van der Waals surface area contributed by atoms with Crippen LogP contribution in [0.3, 0.4) is 0 Å². The molecule has 0 unspecified atom stereocenters. The molecule has 0 nitrogen and oxygen atoms in total. The average Bonchev–Trinajstić information content (AvgIpc) is 2.77. The Balaban J connectivity index is 1.82. The molecular weight excluding hydrogens is 376 g/mol. The number of hydrogen-bond donors (Lipinski definition) is 0. The van der Waals surface area contributed by atoms with Gasteiger partial charge in [0.1, 0.15) is 0 Å². The molecule has 0 aliphatic heterocycles. The maximum absolute atomic E-state index is 2.40. The molecule has 0 radical (unpaired) electrons. The summed E-state index contributed by atoms with van der Waals surface area (Å²) < 4.78 is 0. The summed E-state index contributed by atoms with van der Waals surface area (Å²) in [4.78, 5) is 0. The van der Waals surface area contributed by atoms with Gasteiger partial charge in [-0.15, -0.1) is 0 Å². The van der Waals surface area contributed by atoms with Gasteiger partial charge in [-0.25, -0.2) is 0 Å². The molecule has 0 heterocycles. The second-order valence-corrected chi connectivity index (χ2v) is 14.1. The highest BCUT2D eigenvalue weighted by molar-refractivity contribution is 6.88. The van der Waals surface area contributed by atoms with Crippen LogP contribution in [0, 0.1) is 0 Å². The predicted octanol–water partition coefficient (Wildman–Crippen LogP) is 7.87. The van der Waals surface area contributed by atoms with Crippen molar-refractivity contribution < 1.29 is 0 Å². The summed E-state index contributed by atoms with van der Waals surface area (Å²) in [5.41, 5.74) is 5.21. The van der Waals surface area contributed by atoms with Gasteiger partial charge in [0.25, 0.3) is 0 Å². The quantitative estimate of drug-likeness (QED) is 0.269. The Morgan fingerprint density at radius 1 is 0.467 bits per heavy atom. The molecule has 146 valence electrons. The second-order valence-electron chi connectivity index (χ2n) is 9.06. The van der Waals surface area contributed by atoms with E-state index >= 15 is 0 Å². The van der Waals surface area contributed by atoms with E-state index in [0.717, 1.165) is 0 Å². The summed E-state index contributed by atoms with van der Waals surface area (Å²) >= 11 is 0. The molecule has 0 amide bonds. The first-order chi connectivity index (χ1) is 14.5. The Hall–Kier alpha value is -3.16. The highest BCUT2D eigenvalue weighted by atomic mass is 28.3. The zero-order chi connectivity index (χ0) is 20.7. The highest BCUT2D eigenvalue weighted by Crippen LogP contribution is 2.40. The van der Waals surface area contributed by atoms with Crippen molar-refractivity contribution in [1.82, 2.24) is 0 Å². The van der Waals surface area contributed by atoms with Crippen molar-refractivity contribution in [3.05, 3.63) is 103 Å². The molecule has 5 aromatic carbocycles. The van der Waals surface area contributed by atoms with Crippen LogP contribution in [0.1, 0.15) is 0 Å². The third-order valence-electron chi connectivity index (χ3n) is 6.05. The Morgan fingerprint density at radius 3 is 1.77 bits per heavy atom. The smallest absolute Gasteiger partial charge is 0.0656 e. The summed E-state index contributed by atoms with van der Waals surface area (Å²) in [5, 5.41) is 6.67. The van der Waals surface area contributed by atoms with Gasteiger partial charge < -0.3 is 0 Å². The lowest BCUT2D eigenvalue weighted by atomic mass is 9.87. The van der Waals surface area contributed by atoms with Crippen LogP contribution >= 0.6 is 0 Å². The lowest BCUT2D eigenvalue weighted by Crippen LogP contribution is -2.37. The largest absolute Gasteiger partial charge is 0.0775 e. The molecule has 0 saturated heterocycles. The van der Waals surface area contributed by atoms with E-state index in [1.165, 1.54) is 49.0 Å². The molecule has 0 aliphatic rings. The molecule has 0 fully saturated rings. The van der Waals surface area contributed by atoms with Gasteiger partial charge in [-0.3, -0.25) is 0 Å². The number of hydrogen-bond acceptors (Lipinski definition) is 0. The van der Waals surface area contributed by atoms with E-state index in [2.05, 4.69) is 123 Å². The first kappa shape index (κ1) is 18.8. The van der Waals surface area contributed by atoms with Crippen LogP contribution in [0.5, 0.6) is 0 Å². The molecule has 0 atom stereocenters. The van der Waals surface area contributed by atoms with Crippen molar-refractivity contribution in [3.8, 4) is 22.3 Å². The fourth-order valence-corrected chi connectivity index (χ4v) is 5.56. The molecule has 0 bridgehead atoms. The van der Waals surface area contributed by atoms with Crippen LogP contribution in [-0.4, -0.2) is 8.07 Å². The lowest BCUT2D eigenvalue weighted by molar-refractivity contribution is 1.62. The lowest BCUT2D eigenvalue weighted by Gasteiger charge is -2.19. The first-order valence-corrected chi connectivity index (χ1v) is 14.1. The summed E-state index contributed by atoms with van der Waals surface area (Å²) in [6.07, 6.45) is 0. The fraction of sp³-hybridized carbons (Fsp3) is 0.103. The van der Waals surface area contributed by atoms with Gasteiger partial charge in [0.2, 0.25) is 0 Å². The highest BCUT2D eigenvalue weighted by Gasteiger charge is 2.18. The zero-order valence-electron chi connectivity index (χ0n) is 17.8. The van der Waals surface area contributed by atoms with Crippen LogP contribution < -0.4 is 5.19 Å². The van der Waals surface area contributed by atoms with Crippen molar-refractivity contribution in [2.75, 3.05) is 0 Å². The summed E-state index contributed by atoms with van der Waals surface area (Å²) in [6, 6.07) is 37.9. The van der Waals surface area contributed by atoms with Gasteiger partial charge in [-0.2, -0.15) is 0 Å². The van der Waals surface area contributed by atoms with Gasteiger partial charge in [-0.1, -0.05) is 128 Å². The van der Waals surface area contributed by atoms with Gasteiger partial charge in [0, 0.05) is 0 Å². The predicted molar refractivity (Wildman–Crippen MR) is 135 cm³/mol. The molecule has 0 spiro atoms. The second kappa shape index (κ2) is 7.27. The molecule has 0 aromatic heterocycles. The van der Waals surface area contributed by atoms with Gasteiger partial charge >= 0.3 is 0 Å². The maximum atomic E-state index is 2.40. The van der Waals surface area contributed by atoms with Crippen molar-refractivity contribution in [2.45, 2.75) is 19.6 Å². The van der Waals surface area contributed by atoms with E-state index in [-0.39, 0.29) is 0 Å². The van der Waals surface area contributed by atoms with E-state index in [1.807, 2.05) is 0 Å². The third-order valence-corrected chi connectivity index (χ3v) is 8.12. The van der Waals surface area contributed by atoms with Crippen LogP contribution in [0.4, 0.5) is 0 Å². The van der Waals surface area contributed by atoms with Crippen molar-refractivity contribution in [3.63, 3.8) is 0 Å². The summed E-state index contributed by atoms with van der Waals surface area (Å²) in [7, 11) is -1.31. The molecule has 0 N–H and O–H groups in total. The molecule has 30 heavy (non-hydrogen) atoms. The van der Waals surface area contributed by atoms with Crippen LogP contribution in [0.2, 0.25) is 19.6 Å². The normalized spacial score (nSPS) is 11.8. The molecule has 0 saturated carbocycles. The number of fused-ring (bicyclic) bond motifs is 2. The zero-order valence-corrected chi connectivity index (χ0v) is 18.8. The van der Waals surface area contributed by atoms with Gasteiger partial charge in [0.15, 0.2) is 0 Å². The molecular formula is C29H26Si. The minimum atomic E-state index is -1.31. The Labute approximate surface area is 179 Å². The average molecular weight is 403 g/mol. The van der Waals surface area contributed by atoms with Crippen molar-refractivity contribution >= 4 is 34.8 Å². The summed E-state index contributed by atoms with van der Waals surface area (Å²) in [6.45, 7) is 7.21. The van der Waals surface area contributed by atoms with Gasteiger partial charge in [-0.05, 0) is 43.8 Å².